The number of hydrogen-bond acceptors (Lipinski definition) is 3. The highest BCUT2D eigenvalue weighted by Gasteiger charge is 2.74. The highest BCUT2D eigenvalue weighted by molar-refractivity contribution is 5.85. The van der Waals surface area contributed by atoms with Crippen LogP contribution in [0.15, 0.2) is 0 Å². The summed E-state index contributed by atoms with van der Waals surface area (Å²) in [7, 11) is 0. The van der Waals surface area contributed by atoms with E-state index in [4.69, 9.17) is 15.9 Å². The average molecular weight is 203 g/mol. The van der Waals surface area contributed by atoms with Crippen molar-refractivity contribution < 1.29 is 24.2 Å². The first-order valence-corrected chi connectivity index (χ1v) is 4.28. The summed E-state index contributed by atoms with van der Waals surface area (Å²) in [5, 5.41) is 17.5. The Hall–Kier alpha value is -1.17. The molecule has 0 aliphatic heterocycles. The topological polar surface area (TPSA) is 101 Å². The van der Waals surface area contributed by atoms with Crippen molar-refractivity contribution in [3.8, 4) is 0 Å². The van der Waals surface area contributed by atoms with E-state index >= 15 is 0 Å². The van der Waals surface area contributed by atoms with E-state index in [0.717, 1.165) is 0 Å². The number of halogens is 1. The normalized spacial score (nSPS) is 49.9. The van der Waals surface area contributed by atoms with Crippen LogP contribution in [0.25, 0.3) is 0 Å². The van der Waals surface area contributed by atoms with Gasteiger partial charge in [-0.2, -0.15) is 0 Å². The molecule has 0 aromatic carbocycles. The maximum atomic E-state index is 13.2. The predicted octanol–water partition coefficient (Wildman–Crippen LogP) is -0.543. The van der Waals surface area contributed by atoms with Gasteiger partial charge in [-0.25, -0.2) is 4.39 Å². The Kier molecular flexibility index (Phi) is 1.64. The van der Waals surface area contributed by atoms with Crippen molar-refractivity contribution >= 4 is 11.9 Å². The van der Waals surface area contributed by atoms with Crippen molar-refractivity contribution in [2.75, 3.05) is 0 Å². The van der Waals surface area contributed by atoms with Gasteiger partial charge in [-0.3, -0.25) is 9.59 Å². The van der Waals surface area contributed by atoms with Gasteiger partial charge in [-0.1, -0.05) is 0 Å². The van der Waals surface area contributed by atoms with E-state index in [9.17, 15) is 14.0 Å². The standard InChI is InChI=1S/C8H10FNO4/c9-2-1-8(10,7(13)14)5-3(2)4(5)6(11)12/h2-5H,1,10H2,(H,11,12)(H,13,14)/t2?,3?,4?,5?,8-/m1/s1. The van der Waals surface area contributed by atoms with Crippen molar-refractivity contribution in [2.45, 2.75) is 18.1 Å². The molecule has 0 amide bonds. The summed E-state index contributed by atoms with van der Waals surface area (Å²) in [4.78, 5) is 21.4. The Bertz CT molecular complexity index is 320. The summed E-state index contributed by atoms with van der Waals surface area (Å²) >= 11 is 0. The molecule has 0 spiro atoms. The van der Waals surface area contributed by atoms with Crippen molar-refractivity contribution in [1.29, 1.82) is 0 Å². The second kappa shape index (κ2) is 2.44. The van der Waals surface area contributed by atoms with E-state index in [1.165, 1.54) is 0 Å². The van der Waals surface area contributed by atoms with E-state index in [1.807, 2.05) is 0 Å². The molecular formula is C8H10FNO4. The number of aliphatic carboxylic acids is 2. The molecule has 0 heterocycles. The van der Waals surface area contributed by atoms with Crippen LogP contribution >= 0.6 is 0 Å². The summed E-state index contributed by atoms with van der Waals surface area (Å²) in [6, 6.07) is 0. The number of carbonyl (C=O) groups is 2. The van der Waals surface area contributed by atoms with E-state index < -0.39 is 41.4 Å². The highest BCUT2D eigenvalue weighted by atomic mass is 19.1. The quantitative estimate of drug-likeness (QED) is 0.559. The molecule has 2 aliphatic carbocycles. The van der Waals surface area contributed by atoms with Crippen LogP contribution in [-0.2, 0) is 9.59 Å². The van der Waals surface area contributed by atoms with Crippen molar-refractivity contribution in [3.63, 3.8) is 0 Å². The van der Waals surface area contributed by atoms with Gasteiger partial charge in [-0.15, -0.1) is 0 Å². The van der Waals surface area contributed by atoms with Gasteiger partial charge >= 0.3 is 11.9 Å². The van der Waals surface area contributed by atoms with Gasteiger partial charge in [0.05, 0.1) is 5.92 Å². The minimum absolute atomic E-state index is 0.276. The molecule has 5 nitrogen and oxygen atoms in total. The molecule has 2 aliphatic rings. The van der Waals surface area contributed by atoms with Gasteiger partial charge in [0.25, 0.3) is 0 Å². The van der Waals surface area contributed by atoms with Crippen molar-refractivity contribution in [3.05, 3.63) is 0 Å². The number of fused-ring (bicyclic) bond motifs is 1. The third kappa shape index (κ3) is 0.914. The van der Waals surface area contributed by atoms with Gasteiger partial charge in [0.15, 0.2) is 0 Å². The fraction of sp³-hybridized carbons (Fsp3) is 0.750. The molecule has 0 saturated heterocycles. The van der Waals surface area contributed by atoms with Crippen LogP contribution in [0.4, 0.5) is 4.39 Å². The Labute approximate surface area is 78.7 Å². The molecule has 0 radical (unpaired) electrons. The van der Waals surface area contributed by atoms with Crippen LogP contribution < -0.4 is 5.73 Å². The largest absolute Gasteiger partial charge is 0.481 e. The molecule has 4 N–H and O–H groups in total. The zero-order valence-electron chi connectivity index (χ0n) is 7.18. The third-order valence-electron chi connectivity index (χ3n) is 3.30. The molecule has 2 fully saturated rings. The second-order valence-corrected chi connectivity index (χ2v) is 4.03. The number of alkyl halides is 1. The molecule has 0 aromatic heterocycles. The van der Waals surface area contributed by atoms with Crippen LogP contribution in [0.1, 0.15) is 6.42 Å². The lowest BCUT2D eigenvalue weighted by Gasteiger charge is -2.21. The summed E-state index contributed by atoms with van der Waals surface area (Å²) in [6.45, 7) is 0. The van der Waals surface area contributed by atoms with Gasteiger partial charge in [0.1, 0.15) is 11.7 Å². The second-order valence-electron chi connectivity index (χ2n) is 4.03. The molecule has 0 aromatic rings. The Balaban J connectivity index is 2.26. The van der Waals surface area contributed by atoms with E-state index in [-0.39, 0.29) is 6.42 Å². The molecule has 2 rings (SSSR count). The molecule has 4 unspecified atom stereocenters. The summed E-state index contributed by atoms with van der Waals surface area (Å²) in [6.07, 6.45) is -1.68. The highest BCUT2D eigenvalue weighted by Crippen LogP contribution is 2.62. The maximum absolute atomic E-state index is 13.2. The smallest absolute Gasteiger partial charge is 0.324 e. The van der Waals surface area contributed by atoms with Gasteiger partial charge in [0, 0.05) is 18.3 Å². The fourth-order valence-electron chi connectivity index (χ4n) is 2.59. The molecule has 14 heavy (non-hydrogen) atoms. The molecule has 0 bridgehead atoms. The summed E-state index contributed by atoms with van der Waals surface area (Å²) in [5.74, 6) is -4.82. The van der Waals surface area contributed by atoms with Crippen molar-refractivity contribution in [2.24, 2.45) is 23.5 Å². The molecular weight excluding hydrogens is 193 g/mol. The molecule has 78 valence electrons. The van der Waals surface area contributed by atoms with Gasteiger partial charge < -0.3 is 15.9 Å². The minimum atomic E-state index is -1.69. The number of carboxylic acids is 2. The lowest BCUT2D eigenvalue weighted by Crippen LogP contribution is -2.50. The zero-order chi connectivity index (χ0) is 10.7. The minimum Gasteiger partial charge on any atom is -0.481 e. The number of hydrogen-bond donors (Lipinski definition) is 3. The van der Waals surface area contributed by atoms with Crippen LogP contribution in [0.5, 0.6) is 0 Å². The number of rotatable bonds is 2. The maximum Gasteiger partial charge on any atom is 0.324 e. The first-order valence-electron chi connectivity index (χ1n) is 4.28. The zero-order valence-corrected chi connectivity index (χ0v) is 7.18. The van der Waals surface area contributed by atoms with Gasteiger partial charge in [0.2, 0.25) is 0 Å². The van der Waals surface area contributed by atoms with E-state index in [2.05, 4.69) is 0 Å². The molecule has 6 heteroatoms. The van der Waals surface area contributed by atoms with Crippen LogP contribution in [0.2, 0.25) is 0 Å². The Morgan fingerprint density at radius 1 is 1.43 bits per heavy atom. The number of carboxylic acid groups (broad SMARTS) is 2. The molecule has 2 saturated carbocycles. The predicted molar refractivity (Wildman–Crippen MR) is 42.2 cm³/mol. The third-order valence-corrected chi connectivity index (χ3v) is 3.30. The lowest BCUT2D eigenvalue weighted by atomic mass is 9.91. The van der Waals surface area contributed by atoms with Crippen LogP contribution in [0.3, 0.4) is 0 Å². The SMILES string of the molecule is N[C@]1(C(=O)O)CC(F)C2C(C(=O)O)C21. The fourth-order valence-corrected chi connectivity index (χ4v) is 2.59. The average Bonchev–Trinajstić information content (AvgIpc) is 2.72. The Morgan fingerprint density at radius 3 is 2.36 bits per heavy atom. The van der Waals surface area contributed by atoms with Crippen LogP contribution in [-0.4, -0.2) is 33.9 Å². The van der Waals surface area contributed by atoms with E-state index in [0.29, 0.717) is 0 Å². The molecule has 5 atom stereocenters. The summed E-state index contributed by atoms with van der Waals surface area (Å²) in [5.41, 5.74) is 3.82. The first kappa shape index (κ1) is 9.39. The first-order chi connectivity index (χ1) is 6.39. The Morgan fingerprint density at radius 2 is 2.00 bits per heavy atom. The van der Waals surface area contributed by atoms with Crippen LogP contribution in [0, 0.1) is 17.8 Å². The lowest BCUT2D eigenvalue weighted by molar-refractivity contribution is -0.145. The van der Waals surface area contributed by atoms with Crippen molar-refractivity contribution in [1.82, 2.24) is 0 Å². The summed E-state index contributed by atoms with van der Waals surface area (Å²) < 4.78 is 13.2. The van der Waals surface area contributed by atoms with Gasteiger partial charge in [-0.05, 0) is 0 Å². The number of nitrogens with two attached hydrogens (primary N) is 1. The monoisotopic (exact) mass is 203 g/mol. The van der Waals surface area contributed by atoms with E-state index in [1.54, 1.807) is 0 Å².